The molecule has 0 heterocycles. The van der Waals surface area contributed by atoms with Crippen LogP contribution in [0, 0.1) is 0 Å². The van der Waals surface area contributed by atoms with Crippen LogP contribution in [0.15, 0.2) is 60.7 Å². The number of hydrogen-bond donors (Lipinski definition) is 1. The highest BCUT2D eigenvalue weighted by Crippen LogP contribution is 2.25. The molecule has 128 valence electrons. The standard InChI is InChI=1S/C20H18ClNO3/c1-24-19-10-9-15(13-17(19)21)20(23)22-11-12-25-18-8-4-6-14-5-2-3-7-16(14)18/h2-10,13H,11-12H2,1H3,(H,22,23). The van der Waals surface area contributed by atoms with E-state index >= 15 is 0 Å². The van der Waals surface area contributed by atoms with E-state index in [-0.39, 0.29) is 5.91 Å². The van der Waals surface area contributed by atoms with Gasteiger partial charge in [0.05, 0.1) is 18.7 Å². The predicted molar refractivity (Wildman–Crippen MR) is 99.8 cm³/mol. The maximum Gasteiger partial charge on any atom is 0.251 e. The molecule has 0 saturated heterocycles. The van der Waals surface area contributed by atoms with Gasteiger partial charge in [0.2, 0.25) is 0 Å². The number of nitrogens with one attached hydrogen (secondary N) is 1. The SMILES string of the molecule is COc1ccc(C(=O)NCCOc2cccc3ccccc23)cc1Cl. The molecule has 0 spiro atoms. The predicted octanol–water partition coefficient (Wildman–Crippen LogP) is 4.31. The first-order valence-corrected chi connectivity index (χ1v) is 8.29. The second-order valence-corrected chi connectivity index (χ2v) is 5.84. The van der Waals surface area contributed by atoms with E-state index in [0.717, 1.165) is 16.5 Å². The number of halogens is 1. The smallest absolute Gasteiger partial charge is 0.251 e. The van der Waals surface area contributed by atoms with E-state index < -0.39 is 0 Å². The number of benzene rings is 3. The highest BCUT2D eigenvalue weighted by atomic mass is 35.5. The van der Waals surface area contributed by atoms with Crippen LogP contribution in [0.5, 0.6) is 11.5 Å². The van der Waals surface area contributed by atoms with Crippen molar-refractivity contribution in [1.29, 1.82) is 0 Å². The summed E-state index contributed by atoms with van der Waals surface area (Å²) in [5.41, 5.74) is 0.482. The molecule has 0 bridgehead atoms. The molecule has 5 heteroatoms. The number of carbonyl (C=O) groups is 1. The summed E-state index contributed by atoms with van der Waals surface area (Å²) in [6, 6.07) is 18.9. The van der Waals surface area contributed by atoms with Crippen molar-refractivity contribution in [3.8, 4) is 11.5 Å². The van der Waals surface area contributed by atoms with Gasteiger partial charge >= 0.3 is 0 Å². The van der Waals surface area contributed by atoms with Gasteiger partial charge in [-0.25, -0.2) is 0 Å². The molecule has 0 radical (unpaired) electrons. The Bertz CT molecular complexity index is 890. The van der Waals surface area contributed by atoms with E-state index in [2.05, 4.69) is 5.32 Å². The van der Waals surface area contributed by atoms with Crippen molar-refractivity contribution in [2.75, 3.05) is 20.3 Å². The highest BCUT2D eigenvalue weighted by molar-refractivity contribution is 6.32. The van der Waals surface area contributed by atoms with E-state index in [4.69, 9.17) is 21.1 Å². The maximum atomic E-state index is 12.2. The number of rotatable bonds is 6. The Balaban J connectivity index is 1.56. The third-order valence-corrected chi connectivity index (χ3v) is 4.10. The lowest BCUT2D eigenvalue weighted by Crippen LogP contribution is -2.28. The lowest BCUT2D eigenvalue weighted by atomic mass is 10.1. The van der Waals surface area contributed by atoms with Gasteiger partial charge in [0.15, 0.2) is 0 Å². The Morgan fingerprint density at radius 2 is 1.84 bits per heavy atom. The summed E-state index contributed by atoms with van der Waals surface area (Å²) in [6.45, 7) is 0.773. The van der Waals surface area contributed by atoms with E-state index in [0.29, 0.717) is 29.5 Å². The number of hydrogen-bond acceptors (Lipinski definition) is 3. The van der Waals surface area contributed by atoms with Gasteiger partial charge in [0.1, 0.15) is 18.1 Å². The summed E-state index contributed by atoms with van der Waals surface area (Å²) in [5.74, 6) is 1.14. The van der Waals surface area contributed by atoms with Crippen molar-refractivity contribution in [1.82, 2.24) is 5.32 Å². The number of amides is 1. The molecule has 0 aliphatic heterocycles. The third-order valence-electron chi connectivity index (χ3n) is 3.81. The molecule has 0 aromatic heterocycles. The van der Waals surface area contributed by atoms with E-state index in [1.807, 2.05) is 42.5 Å². The second kappa shape index (κ2) is 7.90. The van der Waals surface area contributed by atoms with E-state index in [1.165, 1.54) is 7.11 Å². The molecule has 0 fully saturated rings. The van der Waals surface area contributed by atoms with Crippen LogP contribution in [0.2, 0.25) is 5.02 Å². The Kier molecular flexibility index (Phi) is 5.41. The average molecular weight is 356 g/mol. The first-order chi connectivity index (χ1) is 12.2. The summed E-state index contributed by atoms with van der Waals surface area (Å²) < 4.78 is 10.9. The summed E-state index contributed by atoms with van der Waals surface area (Å²) in [5, 5.41) is 5.40. The highest BCUT2D eigenvalue weighted by Gasteiger charge is 2.09. The Hall–Kier alpha value is -2.72. The van der Waals surface area contributed by atoms with Crippen molar-refractivity contribution >= 4 is 28.3 Å². The van der Waals surface area contributed by atoms with Crippen molar-refractivity contribution in [2.45, 2.75) is 0 Å². The van der Waals surface area contributed by atoms with Gasteiger partial charge in [-0.2, -0.15) is 0 Å². The number of ether oxygens (including phenoxy) is 2. The molecule has 1 N–H and O–H groups in total. The van der Waals surface area contributed by atoms with Crippen molar-refractivity contribution < 1.29 is 14.3 Å². The van der Waals surface area contributed by atoms with Crippen LogP contribution in [0.4, 0.5) is 0 Å². The number of fused-ring (bicyclic) bond motifs is 1. The minimum absolute atomic E-state index is 0.203. The normalized spacial score (nSPS) is 10.5. The third kappa shape index (κ3) is 4.03. The van der Waals surface area contributed by atoms with Crippen LogP contribution in [0.25, 0.3) is 10.8 Å². The molecule has 0 aliphatic carbocycles. The summed E-state index contributed by atoms with van der Waals surface area (Å²) in [4.78, 5) is 12.2. The van der Waals surface area contributed by atoms with Crippen LogP contribution >= 0.6 is 11.6 Å². The fraction of sp³-hybridized carbons (Fsp3) is 0.150. The van der Waals surface area contributed by atoms with E-state index in [9.17, 15) is 4.79 Å². The Labute approximate surface area is 151 Å². The first kappa shape index (κ1) is 17.1. The topological polar surface area (TPSA) is 47.6 Å². The lowest BCUT2D eigenvalue weighted by Gasteiger charge is -2.10. The zero-order valence-electron chi connectivity index (χ0n) is 13.8. The van der Waals surface area contributed by atoms with Gasteiger partial charge in [-0.05, 0) is 29.7 Å². The second-order valence-electron chi connectivity index (χ2n) is 5.43. The molecular weight excluding hydrogens is 338 g/mol. The fourth-order valence-corrected chi connectivity index (χ4v) is 2.81. The summed E-state index contributed by atoms with van der Waals surface area (Å²) >= 11 is 6.04. The Morgan fingerprint density at radius 3 is 2.64 bits per heavy atom. The zero-order valence-corrected chi connectivity index (χ0v) is 14.5. The van der Waals surface area contributed by atoms with Crippen molar-refractivity contribution in [2.24, 2.45) is 0 Å². The number of carbonyl (C=O) groups excluding carboxylic acids is 1. The molecule has 1 amide bonds. The van der Waals surface area contributed by atoms with Gasteiger partial charge in [-0.1, -0.05) is 48.0 Å². The van der Waals surface area contributed by atoms with Crippen molar-refractivity contribution in [3.63, 3.8) is 0 Å². The minimum Gasteiger partial charge on any atom is -0.495 e. The molecule has 0 saturated carbocycles. The molecule has 25 heavy (non-hydrogen) atoms. The van der Waals surface area contributed by atoms with Crippen LogP contribution in [-0.2, 0) is 0 Å². The zero-order chi connectivity index (χ0) is 17.6. The van der Waals surface area contributed by atoms with Crippen LogP contribution < -0.4 is 14.8 Å². The average Bonchev–Trinajstić information content (AvgIpc) is 2.65. The van der Waals surface area contributed by atoms with Gasteiger partial charge < -0.3 is 14.8 Å². The summed E-state index contributed by atoms with van der Waals surface area (Å²) in [6.07, 6.45) is 0. The molecule has 4 nitrogen and oxygen atoms in total. The van der Waals surface area contributed by atoms with Gasteiger partial charge in [-0.3, -0.25) is 4.79 Å². The molecule has 3 rings (SSSR count). The molecule has 3 aromatic rings. The molecule has 0 atom stereocenters. The van der Waals surface area contributed by atoms with E-state index in [1.54, 1.807) is 18.2 Å². The first-order valence-electron chi connectivity index (χ1n) is 7.91. The largest absolute Gasteiger partial charge is 0.495 e. The molecular formula is C20H18ClNO3. The van der Waals surface area contributed by atoms with Crippen LogP contribution in [0.3, 0.4) is 0 Å². The molecule has 0 aliphatic rings. The van der Waals surface area contributed by atoms with Crippen molar-refractivity contribution in [3.05, 3.63) is 71.2 Å². The van der Waals surface area contributed by atoms with Gasteiger partial charge in [0, 0.05) is 10.9 Å². The summed E-state index contributed by atoms with van der Waals surface area (Å²) in [7, 11) is 1.53. The molecule has 3 aromatic carbocycles. The molecule has 0 unspecified atom stereocenters. The lowest BCUT2D eigenvalue weighted by molar-refractivity contribution is 0.0947. The van der Waals surface area contributed by atoms with Gasteiger partial charge in [0.25, 0.3) is 5.91 Å². The quantitative estimate of drug-likeness (QED) is 0.670. The van der Waals surface area contributed by atoms with Crippen LogP contribution in [-0.4, -0.2) is 26.2 Å². The maximum absolute atomic E-state index is 12.2. The number of methoxy groups -OCH3 is 1. The fourth-order valence-electron chi connectivity index (χ4n) is 2.56. The Morgan fingerprint density at radius 1 is 1.04 bits per heavy atom. The minimum atomic E-state index is -0.203. The van der Waals surface area contributed by atoms with Gasteiger partial charge in [-0.15, -0.1) is 0 Å². The monoisotopic (exact) mass is 355 g/mol. The van der Waals surface area contributed by atoms with Crippen LogP contribution in [0.1, 0.15) is 10.4 Å².